The molecule has 0 saturated carbocycles. The van der Waals surface area contributed by atoms with Crippen LogP contribution in [0.2, 0.25) is 0 Å². The Labute approximate surface area is 164 Å². The van der Waals surface area contributed by atoms with Gasteiger partial charge in [-0.15, -0.1) is 10.2 Å². The van der Waals surface area contributed by atoms with Gasteiger partial charge in [-0.1, -0.05) is 66.8 Å². The van der Waals surface area contributed by atoms with Gasteiger partial charge < -0.3 is 0 Å². The molecule has 0 bridgehead atoms. The van der Waals surface area contributed by atoms with E-state index in [1.807, 2.05) is 37.3 Å². The summed E-state index contributed by atoms with van der Waals surface area (Å²) in [6.07, 6.45) is 0.747. The Hall–Kier alpha value is -3.39. The van der Waals surface area contributed by atoms with Gasteiger partial charge in [0.1, 0.15) is 5.01 Å². The highest BCUT2D eigenvalue weighted by molar-refractivity contribution is 7.15. The zero-order chi connectivity index (χ0) is 19.5. The van der Waals surface area contributed by atoms with Gasteiger partial charge in [-0.25, -0.2) is 4.68 Å². The molecule has 0 unspecified atom stereocenters. The number of anilines is 1. The Morgan fingerprint density at radius 2 is 1.75 bits per heavy atom. The lowest BCUT2D eigenvalue weighted by Gasteiger charge is -2.10. The van der Waals surface area contributed by atoms with Crippen molar-refractivity contribution in [3.8, 4) is 0 Å². The molecule has 28 heavy (non-hydrogen) atoms. The van der Waals surface area contributed by atoms with Gasteiger partial charge in [0.05, 0.1) is 11.9 Å². The molecule has 0 aliphatic carbocycles. The number of fused-ring (bicyclic) bond motifs is 1. The fourth-order valence-electron chi connectivity index (χ4n) is 2.87. The summed E-state index contributed by atoms with van der Waals surface area (Å²) in [6.45, 7) is 2.25. The third-order valence-electron chi connectivity index (χ3n) is 4.25. The third kappa shape index (κ3) is 3.54. The van der Waals surface area contributed by atoms with Crippen molar-refractivity contribution in [2.45, 2.75) is 19.9 Å². The Morgan fingerprint density at radius 3 is 2.46 bits per heavy atom. The zero-order valence-electron chi connectivity index (χ0n) is 15.1. The maximum atomic E-state index is 12.9. The molecule has 0 atom stereocenters. The lowest BCUT2D eigenvalue weighted by atomic mass is 10.1. The molecule has 0 saturated heterocycles. The lowest BCUT2D eigenvalue weighted by Crippen LogP contribution is -2.28. The minimum atomic E-state index is -0.420. The largest absolute Gasteiger partial charge is 0.295 e. The van der Waals surface area contributed by atoms with Crippen LogP contribution in [0.1, 0.15) is 28.0 Å². The van der Waals surface area contributed by atoms with Gasteiger partial charge in [0, 0.05) is 5.39 Å². The molecular weight excluding hydrogens is 374 g/mol. The maximum absolute atomic E-state index is 12.9. The zero-order valence-corrected chi connectivity index (χ0v) is 15.9. The number of amides is 1. The number of carbonyl (C=O) groups is 1. The molecule has 0 radical (unpaired) electrons. The molecule has 0 aliphatic heterocycles. The highest BCUT2D eigenvalue weighted by Crippen LogP contribution is 2.19. The fraction of sp³-hybridized carbons (Fsp3) is 0.150. The first kappa shape index (κ1) is 18.0. The van der Waals surface area contributed by atoms with E-state index in [1.165, 1.54) is 16.0 Å². The molecule has 0 fully saturated rings. The maximum Gasteiger partial charge on any atom is 0.278 e. The molecule has 4 rings (SSSR count). The van der Waals surface area contributed by atoms with E-state index in [0.29, 0.717) is 15.9 Å². The number of aromatic nitrogens is 4. The minimum absolute atomic E-state index is 0.180. The molecular formula is C20H17N5O2S. The number of hydrogen-bond donors (Lipinski definition) is 1. The molecule has 0 spiro atoms. The summed E-state index contributed by atoms with van der Waals surface area (Å²) >= 11 is 1.32. The number of aryl methyl sites for hydroxylation is 1. The first-order chi connectivity index (χ1) is 13.7. The van der Waals surface area contributed by atoms with Crippen molar-refractivity contribution in [1.82, 2.24) is 20.0 Å². The predicted molar refractivity (Wildman–Crippen MR) is 109 cm³/mol. The highest BCUT2D eigenvalue weighted by atomic mass is 32.1. The van der Waals surface area contributed by atoms with E-state index in [2.05, 4.69) is 20.6 Å². The number of benzene rings is 2. The van der Waals surface area contributed by atoms with E-state index >= 15 is 0 Å². The van der Waals surface area contributed by atoms with Crippen LogP contribution in [-0.4, -0.2) is 25.9 Å². The van der Waals surface area contributed by atoms with E-state index < -0.39 is 5.91 Å². The SMILES string of the molecule is CCc1nnc(NC(=O)c2nn(Cc3ccccc3)c(=O)c3ccccc23)s1. The smallest absolute Gasteiger partial charge is 0.278 e. The topological polar surface area (TPSA) is 89.8 Å². The van der Waals surface area contributed by atoms with Crippen molar-refractivity contribution >= 4 is 33.1 Å². The quantitative estimate of drug-likeness (QED) is 0.565. The van der Waals surface area contributed by atoms with Crippen molar-refractivity contribution in [2.75, 3.05) is 5.32 Å². The van der Waals surface area contributed by atoms with Gasteiger partial charge in [0.25, 0.3) is 11.5 Å². The number of rotatable bonds is 5. The molecule has 2 heterocycles. The molecule has 8 heteroatoms. The van der Waals surface area contributed by atoms with E-state index in [9.17, 15) is 9.59 Å². The number of carbonyl (C=O) groups excluding carboxylic acids is 1. The molecule has 4 aromatic rings. The molecule has 7 nitrogen and oxygen atoms in total. The van der Waals surface area contributed by atoms with Crippen molar-refractivity contribution < 1.29 is 4.79 Å². The van der Waals surface area contributed by atoms with Crippen LogP contribution in [0.5, 0.6) is 0 Å². The highest BCUT2D eigenvalue weighted by Gasteiger charge is 2.18. The Bertz CT molecular complexity index is 1200. The molecule has 1 N–H and O–H groups in total. The van der Waals surface area contributed by atoms with Gasteiger partial charge in [-0.05, 0) is 18.1 Å². The predicted octanol–water partition coefficient (Wildman–Crippen LogP) is 3.11. The van der Waals surface area contributed by atoms with Crippen LogP contribution in [0.25, 0.3) is 10.8 Å². The number of nitrogens with one attached hydrogen (secondary N) is 1. The van der Waals surface area contributed by atoms with E-state index in [4.69, 9.17) is 0 Å². The summed E-state index contributed by atoms with van der Waals surface area (Å²) in [5.74, 6) is -0.420. The van der Waals surface area contributed by atoms with E-state index in [1.54, 1.807) is 24.3 Å². The summed E-state index contributed by atoms with van der Waals surface area (Å²) in [5, 5.41) is 17.3. The van der Waals surface area contributed by atoms with Crippen molar-refractivity contribution in [1.29, 1.82) is 0 Å². The van der Waals surface area contributed by atoms with Crippen LogP contribution in [-0.2, 0) is 13.0 Å². The van der Waals surface area contributed by atoms with Crippen LogP contribution in [0.3, 0.4) is 0 Å². The molecule has 1 amide bonds. The van der Waals surface area contributed by atoms with Gasteiger partial charge in [-0.3, -0.25) is 14.9 Å². The van der Waals surface area contributed by atoms with Crippen molar-refractivity contribution in [2.24, 2.45) is 0 Å². The summed E-state index contributed by atoms with van der Waals surface area (Å²) in [7, 11) is 0. The van der Waals surface area contributed by atoms with Crippen LogP contribution in [0, 0.1) is 0 Å². The van der Waals surface area contributed by atoms with Crippen LogP contribution in [0.4, 0.5) is 5.13 Å². The van der Waals surface area contributed by atoms with Gasteiger partial charge in [0.15, 0.2) is 5.69 Å². The molecule has 0 aliphatic rings. The van der Waals surface area contributed by atoms with Gasteiger partial charge >= 0.3 is 0 Å². The fourth-order valence-corrected chi connectivity index (χ4v) is 3.54. The second kappa shape index (κ2) is 7.69. The van der Waals surface area contributed by atoms with Gasteiger partial charge in [0.2, 0.25) is 5.13 Å². The summed E-state index contributed by atoms with van der Waals surface area (Å²) in [4.78, 5) is 25.7. The Balaban J connectivity index is 1.77. The first-order valence-electron chi connectivity index (χ1n) is 8.83. The Morgan fingerprint density at radius 1 is 1.04 bits per heavy atom. The monoisotopic (exact) mass is 391 g/mol. The minimum Gasteiger partial charge on any atom is -0.295 e. The van der Waals surface area contributed by atoms with Crippen LogP contribution >= 0.6 is 11.3 Å². The van der Waals surface area contributed by atoms with Gasteiger partial charge in [-0.2, -0.15) is 5.10 Å². The number of nitrogens with zero attached hydrogens (tertiary/aromatic N) is 4. The first-order valence-corrected chi connectivity index (χ1v) is 9.65. The Kier molecular flexibility index (Phi) is 4.94. The average molecular weight is 391 g/mol. The second-order valence-corrected chi connectivity index (χ2v) is 7.21. The standard InChI is InChI=1S/C20H17N5O2S/c1-2-16-22-23-20(28-16)21-18(26)17-14-10-6-7-11-15(14)19(27)25(24-17)12-13-8-4-3-5-9-13/h3-11H,2,12H2,1H3,(H,21,23,26). The van der Waals surface area contributed by atoms with Crippen LogP contribution < -0.4 is 10.9 Å². The van der Waals surface area contributed by atoms with E-state index in [-0.39, 0.29) is 17.8 Å². The average Bonchev–Trinajstić information content (AvgIpc) is 3.18. The molecule has 140 valence electrons. The van der Waals surface area contributed by atoms with Crippen LogP contribution in [0.15, 0.2) is 59.4 Å². The summed E-state index contributed by atoms with van der Waals surface area (Å²) < 4.78 is 1.32. The summed E-state index contributed by atoms with van der Waals surface area (Å²) in [6, 6.07) is 16.5. The van der Waals surface area contributed by atoms with Crippen molar-refractivity contribution in [3.63, 3.8) is 0 Å². The normalized spacial score (nSPS) is 10.9. The second-order valence-electron chi connectivity index (χ2n) is 6.15. The molecule has 2 aromatic carbocycles. The lowest BCUT2D eigenvalue weighted by molar-refractivity contribution is 0.102. The van der Waals surface area contributed by atoms with Crippen molar-refractivity contribution in [3.05, 3.63) is 81.2 Å². The number of hydrogen-bond acceptors (Lipinski definition) is 6. The molecule has 2 aromatic heterocycles. The summed E-state index contributed by atoms with van der Waals surface area (Å²) in [5.41, 5.74) is 0.870. The third-order valence-corrected chi connectivity index (χ3v) is 5.23. The van der Waals surface area contributed by atoms with E-state index in [0.717, 1.165) is 17.0 Å².